The minimum absolute atomic E-state index is 0.192. The van der Waals surface area contributed by atoms with Crippen LogP contribution in [0.5, 0.6) is 0 Å². The standard InChI is InChI=1S/C14H21ClN2O/c1-11(10-18)16-13-6-8-17(9-7-13)14-4-2-12(15)3-5-14/h2-5,11,13,16,18H,6-10H2,1H3. The molecule has 0 saturated carbocycles. The fraction of sp³-hybridized carbons (Fsp3) is 0.571. The molecule has 1 aromatic rings. The van der Waals surface area contributed by atoms with Gasteiger partial charge < -0.3 is 15.3 Å². The number of hydrogen-bond donors (Lipinski definition) is 2. The average molecular weight is 269 g/mol. The highest BCUT2D eigenvalue weighted by Crippen LogP contribution is 2.22. The predicted molar refractivity (Wildman–Crippen MR) is 76.4 cm³/mol. The number of aliphatic hydroxyl groups is 1. The van der Waals surface area contributed by atoms with E-state index in [-0.39, 0.29) is 12.6 Å². The van der Waals surface area contributed by atoms with E-state index < -0.39 is 0 Å². The first-order valence-electron chi connectivity index (χ1n) is 6.56. The molecule has 1 aromatic carbocycles. The second-order valence-corrected chi connectivity index (χ2v) is 5.42. The lowest BCUT2D eigenvalue weighted by atomic mass is 10.0. The van der Waals surface area contributed by atoms with Crippen LogP contribution < -0.4 is 10.2 Å². The molecular weight excluding hydrogens is 248 g/mol. The lowest BCUT2D eigenvalue weighted by molar-refractivity contribution is 0.233. The summed E-state index contributed by atoms with van der Waals surface area (Å²) in [5.41, 5.74) is 1.24. The predicted octanol–water partition coefficient (Wildman–Crippen LogP) is 2.28. The summed E-state index contributed by atoms with van der Waals surface area (Å²) in [4.78, 5) is 2.39. The van der Waals surface area contributed by atoms with E-state index >= 15 is 0 Å². The molecule has 2 rings (SSSR count). The molecule has 0 amide bonds. The van der Waals surface area contributed by atoms with E-state index in [2.05, 4.69) is 22.3 Å². The summed E-state index contributed by atoms with van der Waals surface area (Å²) in [5, 5.41) is 13.3. The zero-order valence-electron chi connectivity index (χ0n) is 10.8. The topological polar surface area (TPSA) is 35.5 Å². The summed E-state index contributed by atoms with van der Waals surface area (Å²) in [6.07, 6.45) is 2.24. The quantitative estimate of drug-likeness (QED) is 0.880. The zero-order valence-corrected chi connectivity index (χ0v) is 11.5. The first-order chi connectivity index (χ1) is 8.69. The maximum absolute atomic E-state index is 9.04. The van der Waals surface area contributed by atoms with Gasteiger partial charge in [-0.05, 0) is 44.0 Å². The van der Waals surface area contributed by atoms with Gasteiger partial charge in [0.25, 0.3) is 0 Å². The molecule has 2 N–H and O–H groups in total. The van der Waals surface area contributed by atoms with Crippen molar-refractivity contribution in [3.8, 4) is 0 Å². The van der Waals surface area contributed by atoms with Crippen LogP contribution in [0.1, 0.15) is 19.8 Å². The van der Waals surface area contributed by atoms with Gasteiger partial charge in [-0.2, -0.15) is 0 Å². The molecule has 1 atom stereocenters. The first-order valence-corrected chi connectivity index (χ1v) is 6.94. The number of piperidine rings is 1. The molecule has 1 heterocycles. The number of aliphatic hydroxyl groups excluding tert-OH is 1. The number of halogens is 1. The van der Waals surface area contributed by atoms with Crippen LogP contribution >= 0.6 is 11.6 Å². The normalized spacial score (nSPS) is 18.9. The van der Waals surface area contributed by atoms with Gasteiger partial charge in [0.05, 0.1) is 6.61 Å². The fourth-order valence-electron chi connectivity index (χ4n) is 2.41. The van der Waals surface area contributed by atoms with Gasteiger partial charge >= 0.3 is 0 Å². The Morgan fingerprint density at radius 2 is 1.94 bits per heavy atom. The van der Waals surface area contributed by atoms with Crippen LogP contribution in [0.25, 0.3) is 0 Å². The minimum atomic E-state index is 0.192. The van der Waals surface area contributed by atoms with Gasteiger partial charge in [-0.3, -0.25) is 0 Å². The summed E-state index contributed by atoms with van der Waals surface area (Å²) >= 11 is 5.89. The maximum Gasteiger partial charge on any atom is 0.0582 e. The van der Waals surface area contributed by atoms with E-state index in [0.29, 0.717) is 6.04 Å². The fourth-order valence-corrected chi connectivity index (χ4v) is 2.54. The Morgan fingerprint density at radius 1 is 1.33 bits per heavy atom. The molecule has 1 unspecified atom stereocenters. The number of anilines is 1. The van der Waals surface area contributed by atoms with E-state index in [4.69, 9.17) is 16.7 Å². The monoisotopic (exact) mass is 268 g/mol. The van der Waals surface area contributed by atoms with Crippen molar-refractivity contribution >= 4 is 17.3 Å². The van der Waals surface area contributed by atoms with Crippen molar-refractivity contribution in [3.63, 3.8) is 0 Å². The minimum Gasteiger partial charge on any atom is -0.395 e. The Bertz CT molecular complexity index is 361. The van der Waals surface area contributed by atoms with E-state index in [1.165, 1.54) is 5.69 Å². The molecule has 0 bridgehead atoms. The Hall–Kier alpha value is -0.770. The van der Waals surface area contributed by atoms with Crippen molar-refractivity contribution in [2.75, 3.05) is 24.6 Å². The van der Waals surface area contributed by atoms with Crippen LogP contribution in [0, 0.1) is 0 Å². The van der Waals surface area contributed by atoms with Gasteiger partial charge in [0.15, 0.2) is 0 Å². The molecule has 3 nitrogen and oxygen atoms in total. The number of nitrogens with one attached hydrogen (secondary N) is 1. The second-order valence-electron chi connectivity index (χ2n) is 4.99. The summed E-state index contributed by atoms with van der Waals surface area (Å²) in [6, 6.07) is 8.75. The molecule has 1 aliphatic heterocycles. The van der Waals surface area contributed by atoms with Gasteiger partial charge in [0, 0.05) is 35.9 Å². The van der Waals surface area contributed by atoms with Gasteiger partial charge in [-0.15, -0.1) is 0 Å². The van der Waals surface area contributed by atoms with Crippen LogP contribution in [-0.2, 0) is 0 Å². The highest BCUT2D eigenvalue weighted by molar-refractivity contribution is 6.30. The third kappa shape index (κ3) is 3.61. The van der Waals surface area contributed by atoms with Gasteiger partial charge in [-0.25, -0.2) is 0 Å². The molecule has 18 heavy (non-hydrogen) atoms. The highest BCUT2D eigenvalue weighted by Gasteiger charge is 2.20. The van der Waals surface area contributed by atoms with E-state index in [1.54, 1.807) is 0 Å². The van der Waals surface area contributed by atoms with Gasteiger partial charge in [0.2, 0.25) is 0 Å². The lowest BCUT2D eigenvalue weighted by Gasteiger charge is -2.35. The number of benzene rings is 1. The SMILES string of the molecule is CC(CO)NC1CCN(c2ccc(Cl)cc2)CC1. The Balaban J connectivity index is 1.84. The summed E-state index contributed by atoms with van der Waals surface area (Å²) in [5.74, 6) is 0. The van der Waals surface area contributed by atoms with Crippen molar-refractivity contribution < 1.29 is 5.11 Å². The molecule has 100 valence electrons. The number of hydrogen-bond acceptors (Lipinski definition) is 3. The molecule has 4 heteroatoms. The van der Waals surface area contributed by atoms with Crippen molar-refractivity contribution in [2.45, 2.75) is 31.8 Å². The summed E-state index contributed by atoms with van der Waals surface area (Å²) in [7, 11) is 0. The van der Waals surface area contributed by atoms with Gasteiger partial charge in [-0.1, -0.05) is 11.6 Å². The molecule has 1 saturated heterocycles. The van der Waals surface area contributed by atoms with E-state index in [0.717, 1.165) is 31.0 Å². The number of rotatable bonds is 4. The lowest BCUT2D eigenvalue weighted by Crippen LogP contribution is -2.46. The van der Waals surface area contributed by atoms with Crippen LogP contribution in [0.2, 0.25) is 5.02 Å². The second kappa shape index (κ2) is 6.41. The largest absolute Gasteiger partial charge is 0.395 e. The smallest absolute Gasteiger partial charge is 0.0582 e. The summed E-state index contributed by atoms with van der Waals surface area (Å²) in [6.45, 7) is 4.33. The van der Waals surface area contributed by atoms with Gasteiger partial charge in [0.1, 0.15) is 0 Å². The zero-order chi connectivity index (χ0) is 13.0. The highest BCUT2D eigenvalue weighted by atomic mass is 35.5. The summed E-state index contributed by atoms with van der Waals surface area (Å²) < 4.78 is 0. The molecule has 1 fully saturated rings. The van der Waals surface area contributed by atoms with Crippen molar-refractivity contribution in [2.24, 2.45) is 0 Å². The average Bonchev–Trinajstić information content (AvgIpc) is 2.40. The van der Waals surface area contributed by atoms with Crippen molar-refractivity contribution in [1.82, 2.24) is 5.32 Å². The molecule has 0 radical (unpaired) electrons. The molecular formula is C14H21ClN2O. The molecule has 0 aromatic heterocycles. The molecule has 0 spiro atoms. The molecule has 0 aliphatic carbocycles. The third-order valence-electron chi connectivity index (χ3n) is 3.48. The van der Waals surface area contributed by atoms with Crippen LogP contribution in [0.3, 0.4) is 0 Å². The van der Waals surface area contributed by atoms with Crippen LogP contribution in [0.4, 0.5) is 5.69 Å². The van der Waals surface area contributed by atoms with E-state index in [1.807, 2.05) is 19.1 Å². The number of nitrogens with zero attached hydrogens (tertiary/aromatic N) is 1. The Kier molecular flexibility index (Phi) is 4.87. The Labute approximate surface area is 114 Å². The Morgan fingerprint density at radius 3 is 2.50 bits per heavy atom. The molecule has 1 aliphatic rings. The van der Waals surface area contributed by atoms with Crippen LogP contribution in [0.15, 0.2) is 24.3 Å². The van der Waals surface area contributed by atoms with E-state index in [9.17, 15) is 0 Å². The van der Waals surface area contributed by atoms with Crippen molar-refractivity contribution in [3.05, 3.63) is 29.3 Å². The van der Waals surface area contributed by atoms with Crippen molar-refractivity contribution in [1.29, 1.82) is 0 Å². The maximum atomic E-state index is 9.04. The first kappa shape index (κ1) is 13.7. The van der Waals surface area contributed by atoms with Crippen LogP contribution in [-0.4, -0.2) is 36.9 Å². The third-order valence-corrected chi connectivity index (χ3v) is 3.73.